The zero-order valence-electron chi connectivity index (χ0n) is 17.9. The van der Waals surface area contributed by atoms with E-state index in [4.69, 9.17) is 10.00 Å². The zero-order chi connectivity index (χ0) is 25.4. The lowest BCUT2D eigenvalue weighted by Gasteiger charge is -2.17. The molecule has 0 amide bonds. The van der Waals surface area contributed by atoms with Gasteiger partial charge < -0.3 is 9.47 Å². The molecule has 0 radical (unpaired) electrons. The first-order valence-electron chi connectivity index (χ1n) is 9.89. The Kier molecular flexibility index (Phi) is 6.39. The van der Waals surface area contributed by atoms with Gasteiger partial charge in [0.25, 0.3) is 6.26 Å². The van der Waals surface area contributed by atoms with Gasteiger partial charge in [-0.3, -0.25) is 4.79 Å². The van der Waals surface area contributed by atoms with E-state index in [1.165, 1.54) is 32.0 Å². The molecule has 5 nitrogen and oxygen atoms in total. The summed E-state index contributed by atoms with van der Waals surface area (Å²) in [5.41, 5.74) is -5.85. The molecule has 0 N–H and O–H groups in total. The number of nitrogens with zero attached hydrogens (tertiary/aromatic N) is 2. The molecule has 1 saturated carbocycles. The smallest absolute Gasteiger partial charge is 0.421 e. The molecular formula is C23H18F6N2O3. The van der Waals surface area contributed by atoms with Crippen LogP contribution in [0.3, 0.4) is 0 Å². The van der Waals surface area contributed by atoms with Crippen LogP contribution in [0.1, 0.15) is 19.5 Å². The molecule has 1 aromatic heterocycles. The van der Waals surface area contributed by atoms with E-state index in [2.05, 4.69) is 9.72 Å². The van der Waals surface area contributed by atoms with Crippen LogP contribution in [-0.4, -0.2) is 23.3 Å². The van der Waals surface area contributed by atoms with E-state index in [0.717, 1.165) is 6.26 Å². The third-order valence-corrected chi connectivity index (χ3v) is 6.03. The first-order valence-corrected chi connectivity index (χ1v) is 9.89. The molecule has 0 saturated heterocycles. The normalized spacial score (nSPS) is 21.2. The minimum atomic E-state index is -5.69. The Morgan fingerprint density at radius 3 is 2.24 bits per heavy atom. The van der Waals surface area contributed by atoms with Gasteiger partial charge in [-0.2, -0.15) is 26.3 Å². The highest BCUT2D eigenvalue weighted by atomic mass is 19.4. The number of hydrogen-bond donors (Lipinski definition) is 0. The summed E-state index contributed by atoms with van der Waals surface area (Å²) in [4.78, 5) is 17.0. The highest BCUT2D eigenvalue weighted by Gasteiger charge is 2.76. The molecule has 1 aromatic carbocycles. The van der Waals surface area contributed by atoms with Crippen LogP contribution in [0.5, 0.6) is 11.6 Å². The van der Waals surface area contributed by atoms with Gasteiger partial charge in [-0.05, 0) is 23.6 Å². The summed E-state index contributed by atoms with van der Waals surface area (Å²) < 4.78 is 89.0. The fraction of sp³-hybridized carbons (Fsp3) is 0.348. The van der Waals surface area contributed by atoms with E-state index >= 15 is 0 Å². The van der Waals surface area contributed by atoms with Gasteiger partial charge in [-0.1, -0.05) is 44.2 Å². The van der Waals surface area contributed by atoms with Crippen molar-refractivity contribution in [2.24, 2.45) is 16.7 Å². The highest BCUT2D eigenvalue weighted by molar-refractivity contribution is 5.84. The Morgan fingerprint density at radius 1 is 1.06 bits per heavy atom. The third-order valence-electron chi connectivity index (χ3n) is 6.03. The van der Waals surface area contributed by atoms with E-state index < -0.39 is 40.6 Å². The first kappa shape index (κ1) is 25.1. The summed E-state index contributed by atoms with van der Waals surface area (Å²) in [6, 6.07) is 13.0. The molecule has 1 heterocycles. The number of allylic oxidation sites excluding steroid dienone is 2. The number of nitriles is 1. The molecule has 2 aromatic rings. The SMILES string of the molecule is CC1(C)C(C=C(C(F)(F)F)C(F)(F)F)C1(Cc1cccc(Oc2ccccc2)n1)C(=O)OC#N. The molecule has 1 aliphatic rings. The van der Waals surface area contributed by atoms with Crippen molar-refractivity contribution >= 4 is 5.97 Å². The number of esters is 1. The van der Waals surface area contributed by atoms with Gasteiger partial charge in [0.2, 0.25) is 5.88 Å². The van der Waals surface area contributed by atoms with Gasteiger partial charge in [-0.15, -0.1) is 5.26 Å². The number of pyridine rings is 1. The van der Waals surface area contributed by atoms with Gasteiger partial charge in [-0.25, -0.2) is 4.98 Å². The van der Waals surface area contributed by atoms with Crippen molar-refractivity contribution in [1.29, 1.82) is 5.26 Å². The monoisotopic (exact) mass is 484 g/mol. The van der Waals surface area contributed by atoms with Crippen molar-refractivity contribution in [2.45, 2.75) is 32.6 Å². The molecule has 11 heteroatoms. The second-order valence-electron chi connectivity index (χ2n) is 8.29. The van der Waals surface area contributed by atoms with Gasteiger partial charge in [0.05, 0.1) is 5.41 Å². The molecular weight excluding hydrogens is 466 g/mol. The fourth-order valence-corrected chi connectivity index (χ4v) is 4.20. The van der Waals surface area contributed by atoms with Gasteiger partial charge >= 0.3 is 18.3 Å². The van der Waals surface area contributed by atoms with Crippen molar-refractivity contribution in [2.75, 3.05) is 0 Å². The largest absolute Gasteiger partial charge is 0.439 e. The number of carbonyl (C=O) groups excluding carboxylic acids is 1. The minimum Gasteiger partial charge on any atom is -0.439 e. The Labute approximate surface area is 190 Å². The minimum absolute atomic E-state index is 0.00293. The average Bonchev–Trinajstić information content (AvgIpc) is 3.19. The highest BCUT2D eigenvalue weighted by Crippen LogP contribution is 2.72. The predicted octanol–water partition coefficient (Wildman–Crippen LogP) is 6.13. The topological polar surface area (TPSA) is 72.2 Å². The molecule has 180 valence electrons. The van der Waals surface area contributed by atoms with E-state index in [1.54, 1.807) is 30.3 Å². The number of ether oxygens (including phenoxy) is 2. The lowest BCUT2D eigenvalue weighted by Crippen LogP contribution is -2.28. The molecule has 1 aliphatic carbocycles. The molecule has 0 bridgehead atoms. The summed E-state index contributed by atoms with van der Waals surface area (Å²) in [7, 11) is 0. The quantitative estimate of drug-likeness (QED) is 0.213. The lowest BCUT2D eigenvalue weighted by atomic mass is 9.90. The summed E-state index contributed by atoms with van der Waals surface area (Å²) >= 11 is 0. The average molecular weight is 484 g/mol. The summed E-state index contributed by atoms with van der Waals surface area (Å²) in [6.07, 6.45) is -10.6. The van der Waals surface area contributed by atoms with Crippen LogP contribution >= 0.6 is 0 Å². The van der Waals surface area contributed by atoms with Crippen molar-refractivity contribution < 1.29 is 40.6 Å². The van der Waals surface area contributed by atoms with E-state index in [9.17, 15) is 31.1 Å². The van der Waals surface area contributed by atoms with Crippen LogP contribution in [0.2, 0.25) is 0 Å². The molecule has 2 unspecified atom stereocenters. The van der Waals surface area contributed by atoms with Crippen LogP contribution in [-0.2, 0) is 16.0 Å². The summed E-state index contributed by atoms with van der Waals surface area (Å²) in [5, 5.41) is 8.79. The first-order chi connectivity index (χ1) is 15.7. The van der Waals surface area contributed by atoms with Crippen LogP contribution in [0.4, 0.5) is 26.3 Å². The Morgan fingerprint density at radius 2 is 1.68 bits per heavy atom. The lowest BCUT2D eigenvalue weighted by molar-refractivity contribution is -0.172. The Hall–Kier alpha value is -3.55. The fourth-order valence-electron chi connectivity index (χ4n) is 4.20. The van der Waals surface area contributed by atoms with Crippen molar-refractivity contribution in [3.8, 4) is 17.9 Å². The van der Waals surface area contributed by atoms with Crippen LogP contribution < -0.4 is 4.74 Å². The number of alkyl halides is 6. The molecule has 34 heavy (non-hydrogen) atoms. The maximum absolute atomic E-state index is 13.2. The zero-order valence-corrected chi connectivity index (χ0v) is 17.9. The van der Waals surface area contributed by atoms with E-state index in [-0.39, 0.29) is 24.1 Å². The van der Waals surface area contributed by atoms with E-state index in [1.807, 2.05) is 0 Å². The maximum Gasteiger partial charge on any atom is 0.421 e. The van der Waals surface area contributed by atoms with Crippen molar-refractivity contribution in [3.05, 3.63) is 65.9 Å². The maximum atomic E-state index is 13.2. The number of carbonyl (C=O) groups is 1. The molecule has 3 rings (SSSR count). The third kappa shape index (κ3) is 4.71. The number of aromatic nitrogens is 1. The van der Waals surface area contributed by atoms with Gasteiger partial charge in [0, 0.05) is 24.1 Å². The summed E-state index contributed by atoms with van der Waals surface area (Å²) in [6.45, 7) is 2.67. The number of para-hydroxylation sites is 1. The predicted molar refractivity (Wildman–Crippen MR) is 106 cm³/mol. The number of hydrogen-bond acceptors (Lipinski definition) is 5. The molecule has 0 aliphatic heterocycles. The van der Waals surface area contributed by atoms with Crippen LogP contribution in [0.15, 0.2) is 60.2 Å². The molecule has 0 spiro atoms. The number of halogens is 6. The summed E-state index contributed by atoms with van der Waals surface area (Å²) in [5.74, 6) is -2.22. The molecule has 2 atom stereocenters. The Balaban J connectivity index is 2.01. The van der Waals surface area contributed by atoms with Crippen LogP contribution in [0, 0.1) is 28.3 Å². The number of benzene rings is 1. The Bertz CT molecular complexity index is 1120. The second kappa shape index (κ2) is 8.66. The van der Waals surface area contributed by atoms with E-state index in [0.29, 0.717) is 5.75 Å². The van der Waals surface area contributed by atoms with Gasteiger partial charge in [0.1, 0.15) is 11.3 Å². The molecule has 1 fully saturated rings. The van der Waals surface area contributed by atoms with Crippen LogP contribution in [0.25, 0.3) is 0 Å². The van der Waals surface area contributed by atoms with Gasteiger partial charge in [0.15, 0.2) is 0 Å². The standard InChI is InChI=1S/C23H18F6N2O3/c1-20(2)16(11-17(22(24,25)26)23(27,28)29)21(20,19(32)33-13-30)12-14-7-6-10-18(31-14)34-15-8-4-3-5-9-15/h3-11,16H,12H2,1-2H3. The van der Waals surface area contributed by atoms with Crippen molar-refractivity contribution in [1.82, 2.24) is 4.98 Å². The second-order valence-corrected chi connectivity index (χ2v) is 8.29. The number of rotatable bonds is 6. The van der Waals surface area contributed by atoms with Crippen molar-refractivity contribution in [3.63, 3.8) is 0 Å².